The van der Waals surface area contributed by atoms with E-state index in [0.29, 0.717) is 53.3 Å². The quantitative estimate of drug-likeness (QED) is 0.217. The average Bonchev–Trinajstić information content (AvgIpc) is 3.47. The van der Waals surface area contributed by atoms with Gasteiger partial charge in [-0.05, 0) is 29.8 Å². The van der Waals surface area contributed by atoms with Gasteiger partial charge >= 0.3 is 4.87 Å². The van der Waals surface area contributed by atoms with E-state index in [-0.39, 0.29) is 28.7 Å². The van der Waals surface area contributed by atoms with Crippen LogP contribution in [-0.4, -0.2) is 77.9 Å². The molecule has 4 heterocycles. The summed E-state index contributed by atoms with van der Waals surface area (Å²) >= 11 is 2.05. The Balaban J connectivity index is 1.45. The standard InChI is InChI=1S/C28H26N4O9S2/c1-39-18-8-3-15(13-19(18)40-2)21-22-23(26(35)31(25(22)34)16-4-6-17(7-5-16)32(37)38)42-27-24(21)43-28(36)30(27)14-20(33)29-9-11-41-12-10-29/h3-8,13,21-23H,9-12,14H2,1-2H3/t21-,22+,23-/m0/s1. The first-order valence-electron chi connectivity index (χ1n) is 13.3. The van der Waals surface area contributed by atoms with Gasteiger partial charge in [0.2, 0.25) is 17.7 Å². The maximum atomic E-state index is 14.1. The number of amides is 3. The fourth-order valence-electron chi connectivity index (χ4n) is 5.69. The first-order chi connectivity index (χ1) is 20.7. The van der Waals surface area contributed by atoms with E-state index in [1.54, 1.807) is 23.1 Å². The summed E-state index contributed by atoms with van der Waals surface area (Å²) in [6, 6.07) is 10.4. The summed E-state index contributed by atoms with van der Waals surface area (Å²) in [5.41, 5.74) is 0.674. The van der Waals surface area contributed by atoms with Gasteiger partial charge < -0.3 is 19.1 Å². The fourth-order valence-corrected chi connectivity index (χ4v) is 8.46. The molecule has 3 aromatic rings. The first-order valence-corrected chi connectivity index (χ1v) is 15.0. The number of morpholine rings is 1. The summed E-state index contributed by atoms with van der Waals surface area (Å²) in [4.78, 5) is 68.0. The van der Waals surface area contributed by atoms with Gasteiger partial charge in [-0.2, -0.15) is 0 Å². The number of fused-ring (bicyclic) bond motifs is 2. The van der Waals surface area contributed by atoms with Crippen LogP contribution in [0.15, 0.2) is 52.3 Å². The number of anilines is 1. The summed E-state index contributed by atoms with van der Waals surface area (Å²) in [7, 11) is 2.99. The molecule has 0 aliphatic carbocycles. The predicted molar refractivity (Wildman–Crippen MR) is 156 cm³/mol. The molecule has 0 radical (unpaired) electrons. The number of thiazole rings is 1. The monoisotopic (exact) mass is 626 g/mol. The minimum Gasteiger partial charge on any atom is -0.493 e. The molecule has 0 unspecified atom stereocenters. The molecule has 3 aliphatic heterocycles. The van der Waals surface area contributed by atoms with Crippen molar-refractivity contribution in [1.82, 2.24) is 9.47 Å². The van der Waals surface area contributed by atoms with Gasteiger partial charge in [0.1, 0.15) is 11.8 Å². The van der Waals surface area contributed by atoms with Crippen molar-refractivity contribution in [2.75, 3.05) is 45.4 Å². The zero-order valence-electron chi connectivity index (χ0n) is 23.1. The summed E-state index contributed by atoms with van der Waals surface area (Å²) in [6.07, 6.45) is 0. The topological polar surface area (TPSA) is 151 Å². The van der Waals surface area contributed by atoms with E-state index in [0.717, 1.165) is 28.0 Å². The zero-order chi connectivity index (χ0) is 30.4. The third-order valence-corrected chi connectivity index (χ3v) is 10.4. The van der Waals surface area contributed by atoms with E-state index < -0.39 is 33.8 Å². The Labute approximate surface area is 253 Å². The molecule has 2 fully saturated rings. The van der Waals surface area contributed by atoms with Gasteiger partial charge in [0.15, 0.2) is 11.5 Å². The molecular weight excluding hydrogens is 600 g/mol. The largest absolute Gasteiger partial charge is 0.493 e. The van der Waals surface area contributed by atoms with Gasteiger partial charge in [-0.3, -0.25) is 33.9 Å². The van der Waals surface area contributed by atoms with Gasteiger partial charge in [-0.15, -0.1) is 0 Å². The van der Waals surface area contributed by atoms with Crippen molar-refractivity contribution in [3.05, 3.63) is 72.7 Å². The van der Waals surface area contributed by atoms with Gasteiger partial charge in [0.05, 0.1) is 49.0 Å². The van der Waals surface area contributed by atoms with Crippen LogP contribution in [0.1, 0.15) is 16.4 Å². The molecule has 3 aliphatic rings. The molecule has 2 aromatic carbocycles. The second-order valence-corrected chi connectivity index (χ2v) is 12.2. The lowest BCUT2D eigenvalue weighted by Crippen LogP contribution is -2.43. The third-order valence-electron chi connectivity index (χ3n) is 7.79. The molecule has 0 spiro atoms. The van der Waals surface area contributed by atoms with Crippen molar-refractivity contribution in [2.24, 2.45) is 5.92 Å². The highest BCUT2D eigenvalue weighted by molar-refractivity contribution is 8.00. The molecule has 6 rings (SSSR count). The smallest absolute Gasteiger partial charge is 0.308 e. The molecular formula is C28H26N4O9S2. The molecule has 0 saturated carbocycles. The molecule has 3 atom stereocenters. The third kappa shape index (κ3) is 4.96. The number of nitrogens with zero attached hydrogens (tertiary/aromatic N) is 4. The van der Waals surface area contributed by atoms with Crippen LogP contribution in [0.3, 0.4) is 0 Å². The number of ether oxygens (including phenoxy) is 3. The maximum Gasteiger partial charge on any atom is 0.308 e. The van der Waals surface area contributed by atoms with Crippen LogP contribution in [0.5, 0.6) is 11.5 Å². The van der Waals surface area contributed by atoms with Crippen molar-refractivity contribution in [3.8, 4) is 11.5 Å². The van der Waals surface area contributed by atoms with E-state index in [2.05, 4.69) is 0 Å². The van der Waals surface area contributed by atoms with Crippen molar-refractivity contribution in [3.63, 3.8) is 0 Å². The number of methoxy groups -OCH3 is 2. The van der Waals surface area contributed by atoms with Crippen LogP contribution in [0.4, 0.5) is 11.4 Å². The number of carbonyl (C=O) groups is 3. The number of nitro benzene ring substituents is 1. The lowest BCUT2D eigenvalue weighted by Gasteiger charge is -2.31. The Morgan fingerprint density at radius 1 is 1.02 bits per heavy atom. The van der Waals surface area contributed by atoms with E-state index in [1.807, 2.05) is 0 Å². The predicted octanol–water partition coefficient (Wildman–Crippen LogP) is 2.49. The molecule has 2 saturated heterocycles. The van der Waals surface area contributed by atoms with E-state index in [4.69, 9.17) is 14.2 Å². The van der Waals surface area contributed by atoms with Gasteiger partial charge in [-0.25, -0.2) is 4.90 Å². The van der Waals surface area contributed by atoms with Gasteiger partial charge in [0.25, 0.3) is 5.69 Å². The molecule has 15 heteroatoms. The van der Waals surface area contributed by atoms with Crippen LogP contribution >= 0.6 is 23.1 Å². The SMILES string of the molecule is COc1ccc([C@@H]2c3sc(=O)n(CC(=O)N4CCOCC4)c3S[C@@H]3C(=O)N(c4ccc([N+](=O)[O-])cc4)C(=O)[C@H]23)cc1OC. The summed E-state index contributed by atoms with van der Waals surface area (Å²) in [6.45, 7) is 1.46. The summed E-state index contributed by atoms with van der Waals surface area (Å²) < 4.78 is 17.6. The number of aromatic nitrogens is 1. The molecule has 224 valence electrons. The minimum absolute atomic E-state index is 0.172. The lowest BCUT2D eigenvalue weighted by molar-refractivity contribution is -0.384. The van der Waals surface area contributed by atoms with Crippen LogP contribution in [-0.2, 0) is 25.7 Å². The highest BCUT2D eigenvalue weighted by atomic mass is 32.2. The normalized spacial score (nSPS) is 21.4. The average molecular weight is 627 g/mol. The zero-order valence-corrected chi connectivity index (χ0v) is 24.7. The van der Waals surface area contributed by atoms with Gasteiger partial charge in [0, 0.05) is 36.0 Å². The Morgan fingerprint density at radius 2 is 1.72 bits per heavy atom. The van der Waals surface area contributed by atoms with Crippen LogP contribution in [0.2, 0.25) is 0 Å². The minimum atomic E-state index is -0.910. The van der Waals surface area contributed by atoms with Crippen LogP contribution in [0.25, 0.3) is 0 Å². The van der Waals surface area contributed by atoms with Crippen LogP contribution < -0.4 is 19.2 Å². The number of rotatable bonds is 7. The Morgan fingerprint density at radius 3 is 2.37 bits per heavy atom. The second-order valence-electron chi connectivity index (χ2n) is 10.1. The number of benzene rings is 2. The molecule has 1 aromatic heterocycles. The number of thioether (sulfide) groups is 1. The fraction of sp³-hybridized carbons (Fsp3) is 0.357. The number of non-ortho nitro benzene ring substituents is 1. The van der Waals surface area contributed by atoms with Crippen molar-refractivity contribution < 1.29 is 33.5 Å². The molecule has 3 amide bonds. The Hall–Kier alpha value is -4.21. The Kier molecular flexibility index (Phi) is 7.70. The van der Waals surface area contributed by atoms with E-state index in [9.17, 15) is 29.3 Å². The van der Waals surface area contributed by atoms with Crippen LogP contribution in [0, 0.1) is 16.0 Å². The van der Waals surface area contributed by atoms with Crippen molar-refractivity contribution >= 4 is 52.2 Å². The second kappa shape index (κ2) is 11.5. The molecule has 43 heavy (non-hydrogen) atoms. The molecule has 0 N–H and O–H groups in total. The number of hydrogen-bond donors (Lipinski definition) is 0. The van der Waals surface area contributed by atoms with Crippen molar-refractivity contribution in [1.29, 1.82) is 0 Å². The number of hydrogen-bond acceptors (Lipinski definition) is 11. The van der Waals surface area contributed by atoms with Crippen molar-refractivity contribution in [2.45, 2.75) is 22.7 Å². The highest BCUT2D eigenvalue weighted by Gasteiger charge is 2.57. The summed E-state index contributed by atoms with van der Waals surface area (Å²) in [5, 5.41) is 10.7. The summed E-state index contributed by atoms with van der Waals surface area (Å²) in [5.74, 6) is -1.95. The highest BCUT2D eigenvalue weighted by Crippen LogP contribution is 2.54. The van der Waals surface area contributed by atoms with E-state index >= 15 is 0 Å². The number of carbonyl (C=O) groups excluding carboxylic acids is 3. The van der Waals surface area contributed by atoms with Gasteiger partial charge in [-0.1, -0.05) is 29.2 Å². The Bertz CT molecular complexity index is 1680. The lowest BCUT2D eigenvalue weighted by atomic mass is 9.83. The number of imide groups is 1. The molecule has 0 bridgehead atoms. The maximum absolute atomic E-state index is 14.1. The van der Waals surface area contributed by atoms with E-state index in [1.165, 1.54) is 43.1 Å². The molecule has 13 nitrogen and oxygen atoms in total. The number of nitro groups is 1. The first kappa shape index (κ1) is 28.9.